The van der Waals surface area contributed by atoms with Crippen LogP contribution in [-0.4, -0.2) is 47.0 Å². The van der Waals surface area contributed by atoms with Crippen LogP contribution in [0.3, 0.4) is 0 Å². The number of carbonyl (C=O) groups excluding carboxylic acids is 3. The molecule has 9 nitrogen and oxygen atoms in total. The molecule has 1 atom stereocenters. The van der Waals surface area contributed by atoms with Crippen molar-refractivity contribution in [2.75, 3.05) is 18.9 Å². The molecule has 0 spiro atoms. The predicted octanol–water partition coefficient (Wildman–Crippen LogP) is 4.44. The lowest BCUT2D eigenvalue weighted by Gasteiger charge is -2.25. The van der Waals surface area contributed by atoms with E-state index in [1.54, 1.807) is 45.0 Å². The fourth-order valence-electron chi connectivity index (χ4n) is 4.11. The molecule has 37 heavy (non-hydrogen) atoms. The molecule has 1 unspecified atom stereocenters. The zero-order valence-electron chi connectivity index (χ0n) is 21.8. The van der Waals surface area contributed by atoms with Gasteiger partial charge in [0, 0.05) is 36.8 Å². The van der Waals surface area contributed by atoms with E-state index < -0.39 is 17.6 Å². The second kappa shape index (κ2) is 10.5. The number of nitrogens with zero attached hydrogens (tertiary/aromatic N) is 2. The average molecular weight is 505 g/mol. The summed E-state index contributed by atoms with van der Waals surface area (Å²) in [7, 11) is 1.72. The number of aryl methyl sites for hydroxylation is 1. The van der Waals surface area contributed by atoms with Gasteiger partial charge in [-0.1, -0.05) is 18.2 Å². The third kappa shape index (κ3) is 6.35. The molecular weight excluding hydrogens is 472 g/mol. The Kier molecular flexibility index (Phi) is 7.33. The highest BCUT2D eigenvalue weighted by Crippen LogP contribution is 2.26. The van der Waals surface area contributed by atoms with Gasteiger partial charge in [-0.05, 0) is 63.5 Å². The Bertz CT molecular complexity index is 1370. The highest BCUT2D eigenvalue weighted by Gasteiger charge is 2.28. The van der Waals surface area contributed by atoms with Crippen molar-refractivity contribution in [1.82, 2.24) is 15.2 Å². The highest BCUT2D eigenvalue weighted by atomic mass is 16.6. The quantitative estimate of drug-likeness (QED) is 0.480. The number of alkyl carbamates (subject to hydrolysis) is 1. The zero-order valence-corrected chi connectivity index (χ0v) is 21.8. The first-order chi connectivity index (χ1) is 17.5. The van der Waals surface area contributed by atoms with Crippen LogP contribution in [0.15, 0.2) is 47.0 Å². The van der Waals surface area contributed by atoms with Crippen LogP contribution in [-0.2, 0) is 27.3 Å². The van der Waals surface area contributed by atoms with Crippen LogP contribution in [0.5, 0.6) is 0 Å². The van der Waals surface area contributed by atoms with E-state index in [0.717, 1.165) is 33.4 Å². The second-order valence-electron chi connectivity index (χ2n) is 10.2. The largest absolute Gasteiger partial charge is 0.459 e. The SMILES string of the molecule is Cc1c(CN(C)C(=O)/C=C/c2cnc3c(c2)CC(CNC(=O)OC(C)(C)C)C(=O)N3)oc2ccccc12. The fourth-order valence-corrected chi connectivity index (χ4v) is 4.11. The van der Waals surface area contributed by atoms with Crippen molar-refractivity contribution in [2.24, 2.45) is 5.92 Å². The van der Waals surface area contributed by atoms with Crippen molar-refractivity contribution in [2.45, 2.75) is 46.3 Å². The number of anilines is 1. The van der Waals surface area contributed by atoms with E-state index in [-0.39, 0.29) is 18.4 Å². The number of furan rings is 1. The first-order valence-electron chi connectivity index (χ1n) is 12.2. The molecule has 0 saturated heterocycles. The third-order valence-corrected chi connectivity index (χ3v) is 6.08. The van der Waals surface area contributed by atoms with Crippen LogP contribution >= 0.6 is 0 Å². The molecule has 0 saturated carbocycles. The number of aromatic nitrogens is 1. The van der Waals surface area contributed by atoms with Gasteiger partial charge in [0.1, 0.15) is 22.8 Å². The van der Waals surface area contributed by atoms with Gasteiger partial charge < -0.3 is 24.7 Å². The number of ether oxygens (including phenoxy) is 1. The summed E-state index contributed by atoms with van der Waals surface area (Å²) >= 11 is 0. The molecule has 1 aliphatic rings. The summed E-state index contributed by atoms with van der Waals surface area (Å²) < 4.78 is 11.2. The predicted molar refractivity (Wildman–Crippen MR) is 141 cm³/mol. The average Bonchev–Trinajstić information content (AvgIpc) is 3.15. The van der Waals surface area contributed by atoms with Crippen LogP contribution < -0.4 is 10.6 Å². The van der Waals surface area contributed by atoms with Gasteiger partial charge in [-0.25, -0.2) is 9.78 Å². The van der Waals surface area contributed by atoms with Crippen molar-refractivity contribution in [3.8, 4) is 0 Å². The van der Waals surface area contributed by atoms with Crippen LogP contribution in [0.25, 0.3) is 17.0 Å². The number of hydrogen-bond donors (Lipinski definition) is 2. The van der Waals surface area contributed by atoms with E-state index in [2.05, 4.69) is 15.6 Å². The second-order valence-corrected chi connectivity index (χ2v) is 10.2. The molecule has 3 heterocycles. The number of amides is 3. The van der Waals surface area contributed by atoms with Crippen molar-refractivity contribution in [3.63, 3.8) is 0 Å². The minimum Gasteiger partial charge on any atom is -0.459 e. The topological polar surface area (TPSA) is 114 Å². The monoisotopic (exact) mass is 504 g/mol. The lowest BCUT2D eigenvalue weighted by molar-refractivity contribution is -0.125. The Morgan fingerprint density at radius 3 is 2.78 bits per heavy atom. The standard InChI is InChI=1S/C28H32N4O5/c1-17-21-8-6-7-9-22(21)36-23(17)16-32(5)24(33)11-10-18-12-19-13-20(26(34)31-25(19)29-14-18)15-30-27(35)37-28(2,3)4/h6-12,14,20H,13,15-16H2,1-5H3,(H,30,35)(H,29,31,34)/b11-10+. The van der Waals surface area contributed by atoms with Crippen molar-refractivity contribution >= 4 is 40.8 Å². The number of hydrogen-bond acceptors (Lipinski definition) is 6. The summed E-state index contributed by atoms with van der Waals surface area (Å²) in [5, 5.41) is 6.48. The van der Waals surface area contributed by atoms with E-state index in [1.165, 1.54) is 6.08 Å². The number of rotatable bonds is 6. The molecule has 9 heteroatoms. The summed E-state index contributed by atoms with van der Waals surface area (Å²) in [6.45, 7) is 7.82. The Morgan fingerprint density at radius 1 is 1.30 bits per heavy atom. The maximum absolute atomic E-state index is 12.7. The van der Waals surface area contributed by atoms with Gasteiger partial charge in [0.05, 0.1) is 12.5 Å². The van der Waals surface area contributed by atoms with Gasteiger partial charge in [0.15, 0.2) is 0 Å². The number of para-hydroxylation sites is 1. The maximum atomic E-state index is 12.7. The van der Waals surface area contributed by atoms with Gasteiger partial charge in [0.2, 0.25) is 11.8 Å². The number of benzene rings is 1. The van der Waals surface area contributed by atoms with Gasteiger partial charge in [-0.15, -0.1) is 0 Å². The maximum Gasteiger partial charge on any atom is 0.407 e. The number of likely N-dealkylation sites (N-methyl/N-ethyl adjacent to an activating group) is 1. The number of fused-ring (bicyclic) bond motifs is 2. The zero-order chi connectivity index (χ0) is 26.7. The molecular formula is C28H32N4O5. The molecule has 3 amide bonds. The van der Waals surface area contributed by atoms with Gasteiger partial charge in [0.25, 0.3) is 0 Å². The molecule has 0 aliphatic carbocycles. The van der Waals surface area contributed by atoms with Gasteiger partial charge in [-0.2, -0.15) is 0 Å². The number of carbonyl (C=O) groups is 3. The summed E-state index contributed by atoms with van der Waals surface area (Å²) in [5.41, 5.74) is 2.77. The molecule has 0 radical (unpaired) electrons. The molecule has 0 bridgehead atoms. The van der Waals surface area contributed by atoms with E-state index in [9.17, 15) is 14.4 Å². The summed E-state index contributed by atoms with van der Waals surface area (Å²) in [5.74, 6) is 0.394. The van der Waals surface area contributed by atoms with Gasteiger partial charge >= 0.3 is 6.09 Å². The molecule has 1 aromatic carbocycles. The summed E-state index contributed by atoms with van der Waals surface area (Å²) in [6.07, 6.45) is 4.63. The fraction of sp³-hybridized carbons (Fsp3) is 0.357. The molecule has 3 aromatic rings. The van der Waals surface area contributed by atoms with E-state index in [4.69, 9.17) is 9.15 Å². The summed E-state index contributed by atoms with van der Waals surface area (Å²) in [6, 6.07) is 9.68. The van der Waals surface area contributed by atoms with Crippen molar-refractivity contribution < 1.29 is 23.5 Å². The lowest BCUT2D eigenvalue weighted by atomic mass is 9.94. The van der Waals surface area contributed by atoms with Crippen molar-refractivity contribution in [1.29, 1.82) is 0 Å². The van der Waals surface area contributed by atoms with E-state index in [0.29, 0.717) is 18.8 Å². The molecule has 194 valence electrons. The molecule has 1 aliphatic heterocycles. The van der Waals surface area contributed by atoms with Crippen LogP contribution in [0, 0.1) is 12.8 Å². The number of nitrogens with one attached hydrogen (secondary N) is 2. The Morgan fingerprint density at radius 2 is 2.05 bits per heavy atom. The van der Waals surface area contributed by atoms with E-state index >= 15 is 0 Å². The van der Waals surface area contributed by atoms with Crippen LogP contribution in [0.2, 0.25) is 0 Å². The van der Waals surface area contributed by atoms with Crippen LogP contribution in [0.1, 0.15) is 43.2 Å². The molecule has 4 rings (SSSR count). The molecule has 2 N–H and O–H groups in total. The third-order valence-electron chi connectivity index (χ3n) is 6.08. The van der Waals surface area contributed by atoms with Crippen molar-refractivity contribution in [3.05, 3.63) is 65.1 Å². The Balaban J connectivity index is 1.38. The highest BCUT2D eigenvalue weighted by molar-refractivity contribution is 5.95. The van der Waals surface area contributed by atoms with Crippen LogP contribution in [0.4, 0.5) is 10.6 Å². The Hall–Kier alpha value is -4.14. The van der Waals surface area contributed by atoms with E-state index in [1.807, 2.05) is 37.3 Å². The minimum absolute atomic E-state index is 0.144. The number of pyridine rings is 1. The summed E-state index contributed by atoms with van der Waals surface area (Å²) in [4.78, 5) is 43.1. The first-order valence-corrected chi connectivity index (χ1v) is 12.2. The first kappa shape index (κ1) is 25.9. The molecule has 0 fully saturated rings. The lowest BCUT2D eigenvalue weighted by Crippen LogP contribution is -2.41. The normalized spacial score (nSPS) is 15.4. The van der Waals surface area contributed by atoms with Gasteiger partial charge in [-0.3, -0.25) is 9.59 Å². The minimum atomic E-state index is -0.618. The Labute approximate surface area is 215 Å². The molecule has 2 aromatic heterocycles. The smallest absolute Gasteiger partial charge is 0.407 e.